The van der Waals surface area contributed by atoms with E-state index in [1.807, 2.05) is 19.1 Å². The molecule has 1 fully saturated rings. The Labute approximate surface area is 235 Å². The van der Waals surface area contributed by atoms with Crippen LogP contribution in [0.4, 0.5) is 15.2 Å². The topological polar surface area (TPSA) is 106 Å². The summed E-state index contributed by atoms with van der Waals surface area (Å²) in [5, 5.41) is 4.46. The summed E-state index contributed by atoms with van der Waals surface area (Å²) in [4.78, 5) is 15.7. The number of anilines is 2. The predicted molar refractivity (Wildman–Crippen MR) is 157 cm³/mol. The number of methoxy groups -OCH3 is 1. The second-order valence-corrected chi connectivity index (χ2v) is 11.3. The maximum atomic E-state index is 13.4. The zero-order valence-electron chi connectivity index (χ0n) is 22.4. The molecule has 4 rings (SSSR count). The number of ketones is 1. The Bertz CT molecular complexity index is 1230. The largest absolute Gasteiger partial charge is 0.495 e. The van der Waals surface area contributed by atoms with Gasteiger partial charge in [-0.3, -0.25) is 0 Å². The van der Waals surface area contributed by atoms with Crippen LogP contribution in [0.25, 0.3) is 10.4 Å². The minimum atomic E-state index is -1.64. The SMILES string of the molecule is CC(C)=O.CN.COc1ccc(-c2sc(NC3CCCCC3)nc2C)cc1S(=O)Nc1ccc(F)c(Cl)c1. The van der Waals surface area contributed by atoms with Gasteiger partial charge < -0.3 is 25.3 Å². The summed E-state index contributed by atoms with van der Waals surface area (Å²) >= 11 is 7.45. The number of nitrogens with one attached hydrogen (secondary N) is 2. The average molecular weight is 583 g/mol. The van der Waals surface area contributed by atoms with Crippen LogP contribution in [0, 0.1) is 12.7 Å². The number of rotatable bonds is 7. The molecule has 0 aliphatic heterocycles. The van der Waals surface area contributed by atoms with Crippen molar-refractivity contribution < 1.29 is 18.1 Å². The molecule has 11 heteroatoms. The molecular weight excluding hydrogens is 547 g/mol. The van der Waals surface area contributed by atoms with Gasteiger partial charge in [0.1, 0.15) is 22.2 Å². The van der Waals surface area contributed by atoms with Gasteiger partial charge in [0.2, 0.25) is 0 Å². The molecule has 0 bridgehead atoms. The Kier molecular flexibility index (Phi) is 13.2. The van der Waals surface area contributed by atoms with E-state index in [0.717, 1.165) is 21.3 Å². The first-order valence-corrected chi connectivity index (χ1v) is 14.6. The fraction of sp³-hybridized carbons (Fsp3) is 0.407. The third-order valence-corrected chi connectivity index (χ3v) is 8.05. The van der Waals surface area contributed by atoms with Crippen molar-refractivity contribution in [2.24, 2.45) is 5.73 Å². The second kappa shape index (κ2) is 15.8. The Hall–Kier alpha value is -2.53. The molecule has 1 aromatic heterocycles. The molecule has 1 heterocycles. The first-order chi connectivity index (χ1) is 18.2. The molecule has 0 spiro atoms. The molecule has 2 aromatic carbocycles. The summed E-state index contributed by atoms with van der Waals surface area (Å²) in [5.74, 6) is 0.136. The quantitative estimate of drug-likeness (QED) is 0.278. The number of ether oxygens (including phenoxy) is 1. The molecule has 208 valence electrons. The smallest absolute Gasteiger partial charge is 0.183 e. The highest BCUT2D eigenvalue weighted by Crippen LogP contribution is 2.37. The molecule has 3 aromatic rings. The van der Waals surface area contributed by atoms with Crippen molar-refractivity contribution in [3.8, 4) is 16.2 Å². The summed E-state index contributed by atoms with van der Waals surface area (Å²) in [7, 11) is 1.40. The molecule has 0 amide bonds. The zero-order chi connectivity index (χ0) is 28.2. The van der Waals surface area contributed by atoms with E-state index in [4.69, 9.17) is 21.3 Å². The maximum Gasteiger partial charge on any atom is 0.183 e. The van der Waals surface area contributed by atoms with Crippen molar-refractivity contribution in [1.82, 2.24) is 4.98 Å². The van der Waals surface area contributed by atoms with Crippen LogP contribution in [-0.2, 0) is 15.8 Å². The number of carbonyl (C=O) groups is 1. The van der Waals surface area contributed by atoms with Crippen LogP contribution in [0.1, 0.15) is 51.6 Å². The molecular formula is C27H36ClFN4O3S2. The van der Waals surface area contributed by atoms with E-state index in [0.29, 0.717) is 22.4 Å². The minimum absolute atomic E-state index is 0.0361. The van der Waals surface area contributed by atoms with Gasteiger partial charge in [-0.15, -0.1) is 0 Å². The molecule has 4 N–H and O–H groups in total. The average Bonchev–Trinajstić information content (AvgIpc) is 3.27. The third-order valence-electron chi connectivity index (χ3n) is 5.49. The Morgan fingerprint density at radius 2 is 1.82 bits per heavy atom. The number of hydrogen-bond acceptors (Lipinski definition) is 7. The van der Waals surface area contributed by atoms with E-state index in [1.54, 1.807) is 17.4 Å². The maximum absolute atomic E-state index is 13.4. The van der Waals surface area contributed by atoms with Crippen molar-refractivity contribution in [2.75, 3.05) is 24.2 Å². The van der Waals surface area contributed by atoms with Crippen molar-refractivity contribution in [3.63, 3.8) is 0 Å². The monoisotopic (exact) mass is 582 g/mol. The van der Waals surface area contributed by atoms with E-state index in [1.165, 1.54) is 78.3 Å². The highest BCUT2D eigenvalue weighted by molar-refractivity contribution is 7.86. The summed E-state index contributed by atoms with van der Waals surface area (Å²) in [6.07, 6.45) is 6.19. The number of aryl methyl sites for hydroxylation is 1. The van der Waals surface area contributed by atoms with Crippen molar-refractivity contribution in [2.45, 2.75) is 63.8 Å². The van der Waals surface area contributed by atoms with Crippen LogP contribution in [0.3, 0.4) is 0 Å². The normalized spacial score (nSPS) is 13.8. The van der Waals surface area contributed by atoms with Crippen LogP contribution >= 0.6 is 22.9 Å². The van der Waals surface area contributed by atoms with Crippen LogP contribution in [0.5, 0.6) is 5.75 Å². The standard InChI is InChI=1S/C23H25ClFN3O2S2.C3H6O.CH5N/c1-14-22(31-23(26-14)27-16-6-4-3-5-7-16)15-8-11-20(30-2)21(12-15)32(29)28-17-9-10-19(25)18(24)13-17;1-3(2)4;1-2/h8-13,16,28H,3-7H2,1-2H3,(H,26,27);1-2H3;2H2,1H3. The molecule has 1 unspecified atom stereocenters. The molecule has 0 saturated heterocycles. The van der Waals surface area contributed by atoms with Crippen LogP contribution in [0.15, 0.2) is 41.3 Å². The number of carbonyl (C=O) groups excluding carboxylic acids is 1. The lowest BCUT2D eigenvalue weighted by Gasteiger charge is -2.22. The summed E-state index contributed by atoms with van der Waals surface area (Å²) in [6.45, 7) is 5.04. The van der Waals surface area contributed by atoms with Gasteiger partial charge in [0, 0.05) is 11.7 Å². The highest BCUT2D eigenvalue weighted by Gasteiger charge is 2.19. The second-order valence-electron chi connectivity index (χ2n) is 8.69. The Balaban J connectivity index is 0.000000773. The number of hydrogen-bond donors (Lipinski definition) is 3. The lowest BCUT2D eigenvalue weighted by atomic mass is 9.96. The number of halogens is 2. The lowest BCUT2D eigenvalue weighted by molar-refractivity contribution is -0.115. The lowest BCUT2D eigenvalue weighted by Crippen LogP contribution is -2.21. The predicted octanol–water partition coefficient (Wildman–Crippen LogP) is 6.97. The summed E-state index contributed by atoms with van der Waals surface area (Å²) < 4.78 is 34.8. The molecule has 38 heavy (non-hydrogen) atoms. The van der Waals surface area contributed by atoms with Crippen LogP contribution in [0.2, 0.25) is 5.02 Å². The first kappa shape index (κ1) is 31.7. The van der Waals surface area contributed by atoms with E-state index >= 15 is 0 Å². The molecule has 7 nitrogen and oxygen atoms in total. The van der Waals surface area contributed by atoms with Crippen molar-refractivity contribution >= 4 is 50.5 Å². The number of nitrogens with zero attached hydrogens (tertiary/aromatic N) is 1. The molecule has 1 aliphatic carbocycles. The van der Waals surface area contributed by atoms with Gasteiger partial charge in [-0.25, -0.2) is 13.6 Å². The third kappa shape index (κ3) is 9.34. The molecule has 1 aliphatic rings. The van der Waals surface area contributed by atoms with Gasteiger partial charge in [0.05, 0.1) is 22.7 Å². The van der Waals surface area contributed by atoms with E-state index < -0.39 is 16.8 Å². The fourth-order valence-corrected chi connectivity index (χ4v) is 6.07. The van der Waals surface area contributed by atoms with Crippen molar-refractivity contribution in [1.29, 1.82) is 0 Å². The Morgan fingerprint density at radius 3 is 2.42 bits per heavy atom. The number of thiazole rings is 1. The fourth-order valence-electron chi connectivity index (χ4n) is 3.83. The molecule has 1 atom stereocenters. The minimum Gasteiger partial charge on any atom is -0.495 e. The van der Waals surface area contributed by atoms with E-state index in [9.17, 15) is 13.4 Å². The number of nitrogens with two attached hydrogens (primary N) is 1. The zero-order valence-corrected chi connectivity index (χ0v) is 24.8. The van der Waals surface area contributed by atoms with Crippen molar-refractivity contribution in [3.05, 3.63) is 52.9 Å². The van der Waals surface area contributed by atoms with Gasteiger partial charge in [-0.05, 0) is 82.6 Å². The summed E-state index contributed by atoms with van der Waals surface area (Å²) in [5.41, 5.74) is 6.79. The van der Waals surface area contributed by atoms with Gasteiger partial charge in [-0.2, -0.15) is 0 Å². The van der Waals surface area contributed by atoms with Gasteiger partial charge in [0.15, 0.2) is 16.1 Å². The van der Waals surface area contributed by atoms with Crippen LogP contribution in [-0.4, -0.2) is 35.2 Å². The number of benzene rings is 2. The van der Waals surface area contributed by atoms with E-state index in [-0.39, 0.29) is 10.8 Å². The van der Waals surface area contributed by atoms with E-state index in [2.05, 4.69) is 15.8 Å². The molecule has 0 radical (unpaired) electrons. The highest BCUT2D eigenvalue weighted by atomic mass is 35.5. The number of Topliss-reactive ketones (excluding diaryl/α,β-unsaturated/α-hetero) is 1. The van der Waals surface area contributed by atoms with Gasteiger partial charge in [-0.1, -0.05) is 42.2 Å². The summed E-state index contributed by atoms with van der Waals surface area (Å²) in [6, 6.07) is 10.2. The number of aromatic nitrogens is 1. The first-order valence-electron chi connectivity index (χ1n) is 12.3. The van der Waals surface area contributed by atoms with Crippen LogP contribution < -0.4 is 20.5 Å². The Morgan fingerprint density at radius 1 is 1.16 bits per heavy atom. The van der Waals surface area contributed by atoms with Gasteiger partial charge >= 0.3 is 0 Å². The molecule has 1 saturated carbocycles. The van der Waals surface area contributed by atoms with Gasteiger partial charge in [0.25, 0.3) is 0 Å².